The van der Waals surface area contributed by atoms with Gasteiger partial charge < -0.3 is 9.80 Å². The van der Waals surface area contributed by atoms with Crippen molar-refractivity contribution >= 4 is 12.0 Å². The molecule has 0 radical (unpaired) electrons. The lowest BCUT2D eigenvalue weighted by Crippen LogP contribution is -2.48. The van der Waals surface area contributed by atoms with Crippen LogP contribution in [0.5, 0.6) is 0 Å². The summed E-state index contributed by atoms with van der Waals surface area (Å²) in [6.45, 7) is 6.47. The fourth-order valence-corrected chi connectivity index (χ4v) is 4.11. The van der Waals surface area contributed by atoms with E-state index in [9.17, 15) is 4.79 Å². The van der Waals surface area contributed by atoms with Crippen molar-refractivity contribution in [2.45, 2.75) is 19.9 Å². The molecule has 1 aliphatic rings. The third-order valence-electron chi connectivity index (χ3n) is 5.79. The average Bonchev–Trinajstić information content (AvgIpc) is 3.06. The summed E-state index contributed by atoms with van der Waals surface area (Å²) >= 11 is 0. The molecule has 1 fully saturated rings. The molecule has 30 heavy (non-hydrogen) atoms. The molecule has 0 N–H and O–H groups in total. The molecule has 1 atom stereocenters. The largest absolute Gasteiger partial charge is 0.330 e. The second-order valence-electron chi connectivity index (χ2n) is 7.89. The maximum atomic E-state index is 13.2. The zero-order valence-corrected chi connectivity index (χ0v) is 17.8. The van der Waals surface area contributed by atoms with Crippen LogP contribution in [-0.2, 0) is 4.79 Å². The average molecular weight is 401 g/mol. The van der Waals surface area contributed by atoms with Crippen molar-refractivity contribution in [3.8, 4) is 5.69 Å². The highest BCUT2D eigenvalue weighted by atomic mass is 16.2. The molecular weight excluding hydrogens is 372 g/mol. The molecule has 154 valence electrons. The van der Waals surface area contributed by atoms with E-state index >= 15 is 0 Å². The van der Waals surface area contributed by atoms with Crippen LogP contribution in [0.15, 0.2) is 66.7 Å². The quantitative estimate of drug-likeness (QED) is 0.621. The van der Waals surface area contributed by atoms with Gasteiger partial charge in [0.15, 0.2) is 0 Å². The van der Waals surface area contributed by atoms with Crippen molar-refractivity contribution < 1.29 is 4.79 Å². The summed E-state index contributed by atoms with van der Waals surface area (Å²) in [5, 5.41) is 4.68. The van der Waals surface area contributed by atoms with Crippen LogP contribution in [0.25, 0.3) is 11.8 Å². The maximum Gasteiger partial charge on any atom is 0.247 e. The summed E-state index contributed by atoms with van der Waals surface area (Å²) in [4.78, 5) is 17.4. The second-order valence-corrected chi connectivity index (χ2v) is 7.89. The number of para-hydroxylation sites is 1. The van der Waals surface area contributed by atoms with Gasteiger partial charge in [0.25, 0.3) is 0 Å². The molecule has 1 amide bonds. The summed E-state index contributed by atoms with van der Waals surface area (Å²) in [7, 11) is 2.11. The van der Waals surface area contributed by atoms with Gasteiger partial charge in [-0.25, -0.2) is 4.68 Å². The number of benzene rings is 2. The number of amides is 1. The number of carbonyl (C=O) groups excluding carboxylic acids is 1. The van der Waals surface area contributed by atoms with E-state index in [1.807, 2.05) is 78.0 Å². The first-order valence-corrected chi connectivity index (χ1v) is 10.4. The minimum Gasteiger partial charge on any atom is -0.330 e. The molecule has 5 heteroatoms. The second kappa shape index (κ2) is 8.67. The molecule has 0 saturated carbocycles. The molecule has 4 rings (SSSR count). The Hall–Kier alpha value is -3.18. The zero-order valence-electron chi connectivity index (χ0n) is 17.8. The molecule has 1 aromatic heterocycles. The summed E-state index contributed by atoms with van der Waals surface area (Å²) in [5.74, 6) is 0.0446. The number of aromatic nitrogens is 2. The third-order valence-corrected chi connectivity index (χ3v) is 5.79. The Morgan fingerprint density at radius 2 is 1.67 bits per heavy atom. The highest BCUT2D eigenvalue weighted by molar-refractivity contribution is 5.92. The number of piperazine rings is 1. The maximum absolute atomic E-state index is 13.2. The normalized spacial score (nSPS) is 17.6. The first-order valence-electron chi connectivity index (χ1n) is 10.4. The smallest absolute Gasteiger partial charge is 0.247 e. The first-order chi connectivity index (χ1) is 14.5. The highest BCUT2D eigenvalue weighted by Gasteiger charge is 2.29. The fourth-order valence-electron chi connectivity index (χ4n) is 4.11. The lowest BCUT2D eigenvalue weighted by molar-refractivity contribution is -0.130. The standard InChI is InChI=1S/C25H28N4O/c1-19-23(20(2)29(26-19)22-12-8-5-9-13-22)14-15-25(30)28-17-16-27(3)18-24(28)21-10-6-4-7-11-21/h4-15,24H,16-18H2,1-3H3. The molecule has 2 aromatic carbocycles. The van der Waals surface area contributed by atoms with Crippen molar-refractivity contribution in [1.82, 2.24) is 19.6 Å². The Morgan fingerprint density at radius 3 is 2.37 bits per heavy atom. The van der Waals surface area contributed by atoms with Crippen LogP contribution in [-0.4, -0.2) is 52.2 Å². The monoisotopic (exact) mass is 400 g/mol. The van der Waals surface area contributed by atoms with Crippen LogP contribution in [0.1, 0.15) is 28.6 Å². The molecule has 0 spiro atoms. The molecule has 1 aliphatic heterocycles. The highest BCUT2D eigenvalue weighted by Crippen LogP contribution is 2.26. The topological polar surface area (TPSA) is 41.4 Å². The van der Waals surface area contributed by atoms with Crippen molar-refractivity contribution in [2.75, 3.05) is 26.7 Å². The number of hydrogen-bond acceptors (Lipinski definition) is 3. The molecule has 1 unspecified atom stereocenters. The lowest BCUT2D eigenvalue weighted by Gasteiger charge is -2.39. The van der Waals surface area contributed by atoms with E-state index < -0.39 is 0 Å². The molecule has 1 saturated heterocycles. The summed E-state index contributed by atoms with van der Waals surface area (Å²) in [5.41, 5.74) is 5.14. The van der Waals surface area contributed by atoms with E-state index in [1.165, 1.54) is 5.56 Å². The number of rotatable bonds is 4. The predicted molar refractivity (Wildman–Crippen MR) is 120 cm³/mol. The van der Waals surface area contributed by atoms with Gasteiger partial charge in [0.1, 0.15) is 0 Å². The fraction of sp³-hybridized carbons (Fsp3) is 0.280. The van der Waals surface area contributed by atoms with Crippen molar-refractivity contribution in [3.63, 3.8) is 0 Å². The molecule has 3 aromatic rings. The summed E-state index contributed by atoms with van der Waals surface area (Å²) in [6, 6.07) is 20.4. The van der Waals surface area contributed by atoms with Crippen LogP contribution in [0.3, 0.4) is 0 Å². The van der Waals surface area contributed by atoms with E-state index in [1.54, 1.807) is 6.08 Å². The Bertz CT molecular complexity index is 1040. The third kappa shape index (κ3) is 4.07. The first kappa shape index (κ1) is 20.1. The van der Waals surface area contributed by atoms with Crippen LogP contribution in [0.2, 0.25) is 0 Å². The van der Waals surface area contributed by atoms with Gasteiger partial charge in [-0.1, -0.05) is 48.5 Å². The van der Waals surface area contributed by atoms with Crippen LogP contribution in [0.4, 0.5) is 0 Å². The van der Waals surface area contributed by atoms with Gasteiger partial charge in [-0.05, 0) is 44.7 Å². The van der Waals surface area contributed by atoms with Gasteiger partial charge in [-0.2, -0.15) is 5.10 Å². The Kier molecular flexibility index (Phi) is 5.81. The van der Waals surface area contributed by atoms with E-state index in [2.05, 4.69) is 29.2 Å². The number of nitrogens with zero attached hydrogens (tertiary/aromatic N) is 4. The van der Waals surface area contributed by atoms with E-state index in [0.717, 1.165) is 42.3 Å². The molecular formula is C25H28N4O. The number of hydrogen-bond donors (Lipinski definition) is 0. The summed E-state index contributed by atoms with van der Waals surface area (Å²) < 4.78 is 1.93. The minimum atomic E-state index is 0.0446. The van der Waals surface area contributed by atoms with Gasteiger partial charge in [0.2, 0.25) is 5.91 Å². The number of likely N-dealkylation sites (N-methyl/N-ethyl adjacent to an activating group) is 1. The van der Waals surface area contributed by atoms with Gasteiger partial charge in [-0.15, -0.1) is 0 Å². The van der Waals surface area contributed by atoms with E-state index in [4.69, 9.17) is 0 Å². The molecule has 5 nitrogen and oxygen atoms in total. The van der Waals surface area contributed by atoms with Crippen LogP contribution < -0.4 is 0 Å². The summed E-state index contributed by atoms with van der Waals surface area (Å²) in [6.07, 6.45) is 3.62. The van der Waals surface area contributed by atoms with Gasteiger partial charge >= 0.3 is 0 Å². The van der Waals surface area contributed by atoms with Gasteiger partial charge in [0, 0.05) is 37.0 Å². The van der Waals surface area contributed by atoms with Crippen molar-refractivity contribution in [2.24, 2.45) is 0 Å². The van der Waals surface area contributed by atoms with E-state index in [-0.39, 0.29) is 11.9 Å². The lowest BCUT2D eigenvalue weighted by atomic mass is 10.0. The predicted octanol–water partition coefficient (Wildman–Crippen LogP) is 4.02. The van der Waals surface area contributed by atoms with E-state index in [0.29, 0.717) is 0 Å². The Morgan fingerprint density at radius 1 is 1.00 bits per heavy atom. The van der Waals surface area contributed by atoms with Gasteiger partial charge in [-0.3, -0.25) is 4.79 Å². The molecule has 2 heterocycles. The van der Waals surface area contributed by atoms with Crippen LogP contribution in [0, 0.1) is 13.8 Å². The Labute approximate surface area is 178 Å². The number of carbonyl (C=O) groups is 1. The van der Waals surface area contributed by atoms with Crippen LogP contribution >= 0.6 is 0 Å². The van der Waals surface area contributed by atoms with Crippen molar-refractivity contribution in [3.05, 3.63) is 89.3 Å². The zero-order chi connectivity index (χ0) is 21.1. The number of aryl methyl sites for hydroxylation is 1. The minimum absolute atomic E-state index is 0.0446. The molecule has 0 aliphatic carbocycles. The van der Waals surface area contributed by atoms with Gasteiger partial charge in [0.05, 0.1) is 17.4 Å². The van der Waals surface area contributed by atoms with Crippen molar-refractivity contribution in [1.29, 1.82) is 0 Å². The SMILES string of the molecule is Cc1nn(-c2ccccc2)c(C)c1C=CC(=O)N1CCN(C)CC1c1ccccc1. The Balaban J connectivity index is 1.58. The molecule has 0 bridgehead atoms.